The number of hydrogen-bond acceptors (Lipinski definition) is 5. The van der Waals surface area contributed by atoms with Crippen molar-refractivity contribution in [3.05, 3.63) is 0 Å². The van der Waals surface area contributed by atoms with E-state index in [1.54, 1.807) is 20.9 Å². The van der Waals surface area contributed by atoms with Gasteiger partial charge in [0, 0.05) is 20.2 Å². The molecule has 16 heavy (non-hydrogen) atoms. The first-order chi connectivity index (χ1) is 7.39. The first-order valence-corrected chi connectivity index (χ1v) is 9.12. The van der Waals surface area contributed by atoms with E-state index in [0.29, 0.717) is 6.61 Å². The molecule has 3 unspecified atom stereocenters. The number of hydrogen-bond donors (Lipinski definition) is 1. The fraction of sp³-hybridized carbons (Fsp3) is 1.00. The summed E-state index contributed by atoms with van der Waals surface area (Å²) in [5, 5.41) is 0. The fourth-order valence-electron chi connectivity index (χ4n) is 1.68. The zero-order valence-corrected chi connectivity index (χ0v) is 12.1. The summed E-state index contributed by atoms with van der Waals surface area (Å²) in [5.74, 6) is 0. The molecule has 1 aliphatic rings. The van der Waals surface area contributed by atoms with Crippen molar-refractivity contribution >= 4 is 37.4 Å². The number of ether oxygens (including phenoxy) is 3. The summed E-state index contributed by atoms with van der Waals surface area (Å²) in [7, 11) is 8.95. The van der Waals surface area contributed by atoms with Crippen molar-refractivity contribution in [3.63, 3.8) is 0 Å². The lowest BCUT2D eigenvalue weighted by molar-refractivity contribution is -0.00917. The molecule has 4 nitrogen and oxygen atoms in total. The maximum atomic E-state index is 5.79. The molecule has 0 aromatic rings. The molecule has 1 aliphatic heterocycles. The molecule has 0 spiro atoms. The van der Waals surface area contributed by atoms with Crippen LogP contribution in [0.5, 0.6) is 0 Å². The van der Waals surface area contributed by atoms with Gasteiger partial charge in [-0.15, -0.1) is 12.2 Å². The second-order valence-corrected chi connectivity index (χ2v) is 10.7. The molecule has 0 N–H and O–H groups in total. The monoisotopic (exact) mass is 282 g/mol. The van der Waals surface area contributed by atoms with Crippen LogP contribution in [0.25, 0.3) is 0 Å². The van der Waals surface area contributed by atoms with Crippen LogP contribution in [-0.4, -0.2) is 59.7 Å². The first kappa shape index (κ1) is 15.0. The van der Waals surface area contributed by atoms with Gasteiger partial charge in [0.2, 0.25) is 0 Å². The minimum Gasteiger partial charge on any atom is -0.382 e. The highest BCUT2D eigenvalue weighted by Crippen LogP contribution is 2.51. The van der Waals surface area contributed by atoms with E-state index in [1.165, 1.54) is 0 Å². The Morgan fingerprint density at radius 3 is 2.50 bits per heavy atom. The van der Waals surface area contributed by atoms with E-state index in [0.717, 1.165) is 0 Å². The van der Waals surface area contributed by atoms with Gasteiger partial charge in [-0.3, -0.25) is 0 Å². The summed E-state index contributed by atoms with van der Waals surface area (Å²) in [4.78, 5) is 0. The van der Waals surface area contributed by atoms with Crippen LogP contribution in [0.1, 0.15) is 0 Å². The zero-order chi connectivity index (χ0) is 12.3. The Labute approximate surface area is 108 Å². The molecule has 0 saturated carbocycles. The Morgan fingerprint density at radius 1 is 1.44 bits per heavy atom. The van der Waals surface area contributed by atoms with Crippen LogP contribution in [0, 0.1) is 0 Å². The lowest BCUT2D eigenvalue weighted by Gasteiger charge is -2.25. The van der Waals surface area contributed by atoms with E-state index in [4.69, 9.17) is 38.4 Å². The largest absolute Gasteiger partial charge is 0.382 e. The van der Waals surface area contributed by atoms with Gasteiger partial charge >= 0.3 is 0 Å². The van der Waals surface area contributed by atoms with E-state index in [2.05, 4.69) is 12.2 Å². The Balaban J connectivity index is 2.75. The predicted octanol–water partition coefficient (Wildman–Crippen LogP) is 0.795. The molecule has 8 heteroatoms. The summed E-state index contributed by atoms with van der Waals surface area (Å²) in [6, 6.07) is -0.523. The van der Waals surface area contributed by atoms with Gasteiger partial charge in [0.15, 0.2) is 0 Å². The van der Waals surface area contributed by atoms with Gasteiger partial charge in [0.05, 0.1) is 6.61 Å². The summed E-state index contributed by atoms with van der Waals surface area (Å²) < 4.78 is 21.5. The number of methoxy groups -OCH3 is 2. The van der Waals surface area contributed by atoms with Crippen molar-refractivity contribution in [1.29, 1.82) is 0 Å². The van der Waals surface area contributed by atoms with E-state index in [1.807, 2.05) is 0 Å². The van der Waals surface area contributed by atoms with Crippen molar-refractivity contribution in [3.8, 4) is 0 Å². The van der Waals surface area contributed by atoms with E-state index in [-0.39, 0.29) is 18.3 Å². The van der Waals surface area contributed by atoms with Crippen molar-refractivity contribution < 1.29 is 18.7 Å². The van der Waals surface area contributed by atoms with Crippen LogP contribution in [-0.2, 0) is 30.5 Å². The van der Waals surface area contributed by atoms with E-state index in [9.17, 15) is 0 Å². The average Bonchev–Trinajstić information content (AvgIpc) is 2.41. The van der Waals surface area contributed by atoms with Gasteiger partial charge < -0.3 is 18.7 Å². The SMILES string of the molecule is [B][C@@H]1O[C@H](COC)C(OP(C)(=S)S)C1OC. The van der Waals surface area contributed by atoms with Gasteiger partial charge in [-0.2, -0.15) is 0 Å². The topological polar surface area (TPSA) is 36.9 Å². The van der Waals surface area contributed by atoms with Crippen molar-refractivity contribution in [2.75, 3.05) is 27.5 Å². The summed E-state index contributed by atoms with van der Waals surface area (Å²) >= 11 is 9.42. The van der Waals surface area contributed by atoms with E-state index >= 15 is 0 Å². The quantitative estimate of drug-likeness (QED) is 0.458. The van der Waals surface area contributed by atoms with Crippen LogP contribution >= 0.6 is 17.7 Å². The minimum atomic E-state index is -2.10. The summed E-state index contributed by atoms with van der Waals surface area (Å²) in [6.07, 6.45) is -0.928. The molecular weight excluding hydrogens is 266 g/mol. The van der Waals surface area contributed by atoms with Crippen LogP contribution in [0.15, 0.2) is 0 Å². The van der Waals surface area contributed by atoms with Crippen LogP contribution < -0.4 is 0 Å². The van der Waals surface area contributed by atoms with Gasteiger partial charge in [-0.05, 0) is 6.66 Å². The average molecular weight is 282 g/mol. The molecule has 1 rings (SSSR count). The lowest BCUT2D eigenvalue weighted by atomic mass is 9.93. The molecule has 0 aromatic carbocycles. The molecule has 1 saturated heterocycles. The molecule has 1 fully saturated rings. The maximum absolute atomic E-state index is 5.79. The Hall–Kier alpha value is 0.905. The molecule has 2 radical (unpaired) electrons. The predicted molar refractivity (Wildman–Crippen MR) is 71.2 cm³/mol. The van der Waals surface area contributed by atoms with Crippen molar-refractivity contribution in [1.82, 2.24) is 0 Å². The second-order valence-electron chi connectivity index (χ2n) is 3.67. The van der Waals surface area contributed by atoms with Gasteiger partial charge in [-0.1, -0.05) is 11.8 Å². The molecule has 0 aromatic heterocycles. The third-order valence-electron chi connectivity index (χ3n) is 2.27. The molecule has 5 atom stereocenters. The van der Waals surface area contributed by atoms with Crippen LogP contribution in [0.3, 0.4) is 0 Å². The molecule has 0 aliphatic carbocycles. The number of rotatable bonds is 5. The molecule has 1 heterocycles. The normalized spacial score (nSPS) is 38.5. The Morgan fingerprint density at radius 2 is 2.06 bits per heavy atom. The second kappa shape index (κ2) is 6.18. The Kier molecular flexibility index (Phi) is 5.78. The Bertz CT molecular complexity index is 275. The maximum Gasteiger partial charge on any atom is 0.120 e. The fourth-order valence-corrected chi connectivity index (χ4v) is 3.01. The van der Waals surface area contributed by atoms with E-state index < -0.39 is 11.5 Å². The van der Waals surface area contributed by atoms with Crippen molar-refractivity contribution in [2.45, 2.75) is 24.3 Å². The lowest BCUT2D eigenvalue weighted by Crippen LogP contribution is -2.37. The standard InChI is InChI=1S/C8H16BO4PS2/c1-10-4-5-6(13-14(3,15)16)7(11-2)8(9)12-5/h5-8H,4H2,1-3H3,(H,15,16)/t5-,6?,7?,8-/m1/s1. The van der Waals surface area contributed by atoms with Crippen LogP contribution in [0.2, 0.25) is 0 Å². The molecule has 0 bridgehead atoms. The highest BCUT2D eigenvalue weighted by Gasteiger charge is 2.44. The summed E-state index contributed by atoms with van der Waals surface area (Å²) in [5.41, 5.74) is -2.10. The molecule has 0 amide bonds. The smallest absolute Gasteiger partial charge is 0.120 e. The van der Waals surface area contributed by atoms with Crippen LogP contribution in [0.4, 0.5) is 0 Å². The van der Waals surface area contributed by atoms with Gasteiger partial charge in [-0.25, -0.2) is 0 Å². The molecule has 92 valence electrons. The highest BCUT2D eigenvalue weighted by molar-refractivity contribution is 8.61. The molecular formula is C8H16BO4PS2. The number of thiol groups is 1. The highest BCUT2D eigenvalue weighted by atomic mass is 32.9. The third kappa shape index (κ3) is 3.98. The van der Waals surface area contributed by atoms with Gasteiger partial charge in [0.1, 0.15) is 31.6 Å². The minimum absolute atomic E-state index is 0.264. The van der Waals surface area contributed by atoms with Gasteiger partial charge in [0.25, 0.3) is 0 Å². The first-order valence-electron chi connectivity index (χ1n) is 4.80. The zero-order valence-electron chi connectivity index (χ0n) is 9.53. The summed E-state index contributed by atoms with van der Waals surface area (Å²) in [6.45, 7) is 2.17. The van der Waals surface area contributed by atoms with Crippen molar-refractivity contribution in [2.24, 2.45) is 0 Å². The third-order valence-corrected chi connectivity index (χ3v) is 3.44.